The van der Waals surface area contributed by atoms with E-state index in [1.54, 1.807) is 25.3 Å². The third-order valence-corrected chi connectivity index (χ3v) is 6.34. The Morgan fingerprint density at radius 2 is 1.88 bits per heavy atom. The van der Waals surface area contributed by atoms with Gasteiger partial charge in [0.1, 0.15) is 6.61 Å². The molecule has 4 rings (SSSR count). The number of nitrogens with zero attached hydrogens (tertiary/aromatic N) is 2. The standard InChI is InChI=1S/C23H25ClF2N2O3.ClH/c1-14-5-7-27(8-6-14)9-10-31-20-11-15(3-4-19(20)30-2)28-13-16-21(23(28)29)17(24)12-18(25)22(16)26;/h3-4,11-12,14H,5-10,13H2,1-2H3;1H. The maximum absolute atomic E-state index is 14.2. The van der Waals surface area contributed by atoms with Crippen LogP contribution in [0.25, 0.3) is 0 Å². The normalized spacial score (nSPS) is 16.7. The van der Waals surface area contributed by atoms with Gasteiger partial charge in [-0.25, -0.2) is 8.78 Å². The Kier molecular flexibility index (Phi) is 7.85. The van der Waals surface area contributed by atoms with Gasteiger partial charge in [-0.3, -0.25) is 9.69 Å². The molecule has 0 aromatic heterocycles. The largest absolute Gasteiger partial charge is 0.493 e. The first-order valence-electron chi connectivity index (χ1n) is 10.4. The minimum atomic E-state index is -1.07. The summed E-state index contributed by atoms with van der Waals surface area (Å²) in [6, 6.07) is 5.90. The number of hydrogen-bond acceptors (Lipinski definition) is 4. The Morgan fingerprint density at radius 1 is 1.16 bits per heavy atom. The molecule has 0 N–H and O–H groups in total. The molecule has 0 radical (unpaired) electrons. The van der Waals surface area contributed by atoms with Gasteiger partial charge in [-0.2, -0.15) is 0 Å². The zero-order valence-corrected chi connectivity index (χ0v) is 19.6. The fourth-order valence-electron chi connectivity index (χ4n) is 4.11. The van der Waals surface area contributed by atoms with E-state index in [0.29, 0.717) is 23.8 Å². The van der Waals surface area contributed by atoms with Crippen molar-refractivity contribution < 1.29 is 23.0 Å². The van der Waals surface area contributed by atoms with Gasteiger partial charge in [0.2, 0.25) is 0 Å². The van der Waals surface area contributed by atoms with E-state index in [9.17, 15) is 13.6 Å². The first kappa shape index (κ1) is 24.6. The number of ether oxygens (including phenoxy) is 2. The Hall–Kier alpha value is -2.09. The highest BCUT2D eigenvalue weighted by Crippen LogP contribution is 2.38. The molecule has 32 heavy (non-hydrogen) atoms. The minimum absolute atomic E-state index is 0. The molecule has 0 aliphatic carbocycles. The molecule has 9 heteroatoms. The predicted octanol–water partition coefficient (Wildman–Crippen LogP) is 5.32. The van der Waals surface area contributed by atoms with Gasteiger partial charge in [0.05, 0.1) is 24.2 Å². The zero-order valence-electron chi connectivity index (χ0n) is 18.0. The summed E-state index contributed by atoms with van der Waals surface area (Å²) in [5.74, 6) is -0.789. The molecule has 2 aromatic carbocycles. The number of hydrogen-bond donors (Lipinski definition) is 0. The van der Waals surface area contributed by atoms with Crippen LogP contribution in [0.4, 0.5) is 14.5 Å². The van der Waals surface area contributed by atoms with Crippen LogP contribution < -0.4 is 14.4 Å². The van der Waals surface area contributed by atoms with Crippen LogP contribution in [0, 0.1) is 17.6 Å². The zero-order chi connectivity index (χ0) is 22.1. The van der Waals surface area contributed by atoms with Gasteiger partial charge in [-0.15, -0.1) is 12.4 Å². The van der Waals surface area contributed by atoms with Gasteiger partial charge in [-0.05, 0) is 50.0 Å². The van der Waals surface area contributed by atoms with E-state index in [4.69, 9.17) is 21.1 Å². The lowest BCUT2D eigenvalue weighted by Gasteiger charge is -2.30. The third-order valence-electron chi connectivity index (χ3n) is 6.04. The maximum atomic E-state index is 14.2. The number of carbonyl (C=O) groups is 1. The molecule has 2 aliphatic rings. The Morgan fingerprint density at radius 3 is 2.56 bits per heavy atom. The number of halogens is 4. The maximum Gasteiger partial charge on any atom is 0.260 e. The second-order valence-electron chi connectivity index (χ2n) is 8.11. The van der Waals surface area contributed by atoms with E-state index in [1.807, 2.05) is 0 Å². The monoisotopic (exact) mass is 486 g/mol. The summed E-state index contributed by atoms with van der Waals surface area (Å²) < 4.78 is 39.3. The highest BCUT2D eigenvalue weighted by Gasteiger charge is 2.35. The fraction of sp³-hybridized carbons (Fsp3) is 0.435. The Balaban J connectivity index is 0.00000289. The van der Waals surface area contributed by atoms with E-state index in [0.717, 1.165) is 31.6 Å². The van der Waals surface area contributed by atoms with Crippen molar-refractivity contribution in [2.24, 2.45) is 5.92 Å². The summed E-state index contributed by atoms with van der Waals surface area (Å²) in [5.41, 5.74) is 0.463. The number of anilines is 1. The molecule has 2 aromatic rings. The van der Waals surface area contributed by atoms with Crippen molar-refractivity contribution in [3.63, 3.8) is 0 Å². The molecule has 2 aliphatic heterocycles. The molecule has 0 saturated carbocycles. The molecule has 0 unspecified atom stereocenters. The van der Waals surface area contributed by atoms with Crippen molar-refractivity contribution in [1.29, 1.82) is 0 Å². The highest BCUT2D eigenvalue weighted by molar-refractivity contribution is 6.35. The average molecular weight is 487 g/mol. The molecule has 5 nitrogen and oxygen atoms in total. The topological polar surface area (TPSA) is 42.0 Å². The van der Waals surface area contributed by atoms with E-state index in [2.05, 4.69) is 11.8 Å². The molecule has 0 atom stereocenters. The quantitative estimate of drug-likeness (QED) is 0.518. The number of likely N-dealkylation sites (tertiary alicyclic amines) is 1. The minimum Gasteiger partial charge on any atom is -0.493 e. The lowest BCUT2D eigenvalue weighted by atomic mass is 9.99. The molecule has 1 saturated heterocycles. The van der Waals surface area contributed by atoms with E-state index in [1.165, 1.54) is 17.7 Å². The smallest absolute Gasteiger partial charge is 0.260 e. The summed E-state index contributed by atoms with van der Waals surface area (Å²) in [7, 11) is 1.54. The number of amides is 1. The SMILES string of the molecule is COc1ccc(N2Cc3c(F)c(F)cc(Cl)c3C2=O)cc1OCCN1CCC(C)CC1.Cl. The van der Waals surface area contributed by atoms with Gasteiger partial charge in [0, 0.05) is 23.9 Å². The molecule has 1 fully saturated rings. The van der Waals surface area contributed by atoms with Crippen LogP contribution in [0.2, 0.25) is 5.02 Å². The van der Waals surface area contributed by atoms with Crippen molar-refractivity contribution in [3.05, 3.63) is 52.0 Å². The molecule has 2 heterocycles. The van der Waals surface area contributed by atoms with Gasteiger partial charge < -0.3 is 14.4 Å². The lowest BCUT2D eigenvalue weighted by molar-refractivity contribution is 0.0996. The van der Waals surface area contributed by atoms with Crippen molar-refractivity contribution in [1.82, 2.24) is 4.90 Å². The lowest BCUT2D eigenvalue weighted by Crippen LogP contribution is -2.35. The van der Waals surface area contributed by atoms with Gasteiger partial charge >= 0.3 is 0 Å². The van der Waals surface area contributed by atoms with Crippen LogP contribution in [0.3, 0.4) is 0 Å². The van der Waals surface area contributed by atoms with E-state index >= 15 is 0 Å². The van der Waals surface area contributed by atoms with E-state index < -0.39 is 17.5 Å². The molecule has 0 bridgehead atoms. The van der Waals surface area contributed by atoms with Crippen molar-refractivity contribution in [2.75, 3.05) is 38.3 Å². The van der Waals surface area contributed by atoms with Crippen LogP contribution in [-0.4, -0.2) is 44.2 Å². The molecular formula is C23H26Cl2F2N2O3. The van der Waals surface area contributed by atoms with Crippen LogP contribution in [0.15, 0.2) is 24.3 Å². The number of fused-ring (bicyclic) bond motifs is 1. The summed E-state index contributed by atoms with van der Waals surface area (Å²) >= 11 is 6.02. The second kappa shape index (κ2) is 10.2. The first-order valence-corrected chi connectivity index (χ1v) is 10.8. The summed E-state index contributed by atoms with van der Waals surface area (Å²) in [6.07, 6.45) is 2.38. The molecular weight excluding hydrogens is 461 g/mol. The predicted molar refractivity (Wildman–Crippen MR) is 122 cm³/mol. The summed E-state index contributed by atoms with van der Waals surface area (Å²) in [6.45, 7) is 5.57. The van der Waals surface area contributed by atoms with Crippen molar-refractivity contribution >= 4 is 35.6 Å². The number of benzene rings is 2. The molecule has 0 spiro atoms. The number of carbonyl (C=O) groups excluding carboxylic acids is 1. The number of rotatable bonds is 6. The van der Waals surface area contributed by atoms with Crippen molar-refractivity contribution in [3.8, 4) is 11.5 Å². The number of piperidine rings is 1. The van der Waals surface area contributed by atoms with E-state index in [-0.39, 0.29) is 35.1 Å². The Bertz CT molecular complexity index is 998. The molecule has 1 amide bonds. The van der Waals surface area contributed by atoms with Gasteiger partial charge in [0.25, 0.3) is 5.91 Å². The van der Waals surface area contributed by atoms with Crippen LogP contribution >= 0.6 is 24.0 Å². The second-order valence-corrected chi connectivity index (χ2v) is 8.51. The van der Waals surface area contributed by atoms with Crippen molar-refractivity contribution in [2.45, 2.75) is 26.3 Å². The highest BCUT2D eigenvalue weighted by atomic mass is 35.5. The average Bonchev–Trinajstić information content (AvgIpc) is 3.11. The van der Waals surface area contributed by atoms with Crippen LogP contribution in [-0.2, 0) is 6.54 Å². The summed E-state index contributed by atoms with van der Waals surface area (Å²) in [5, 5.41) is -0.0952. The van der Waals surface area contributed by atoms with Gasteiger partial charge in [0.15, 0.2) is 23.1 Å². The fourth-order valence-corrected chi connectivity index (χ4v) is 4.41. The number of methoxy groups -OCH3 is 1. The van der Waals surface area contributed by atoms with Crippen LogP contribution in [0.5, 0.6) is 11.5 Å². The van der Waals surface area contributed by atoms with Gasteiger partial charge in [-0.1, -0.05) is 18.5 Å². The first-order chi connectivity index (χ1) is 14.9. The molecule has 174 valence electrons. The summed E-state index contributed by atoms with van der Waals surface area (Å²) in [4.78, 5) is 16.6. The van der Waals surface area contributed by atoms with Crippen LogP contribution in [0.1, 0.15) is 35.7 Å². The Labute approximate surface area is 197 Å². The third kappa shape index (κ3) is 4.80.